The maximum absolute atomic E-state index is 14.6. The molecule has 5 nitrogen and oxygen atoms in total. The van der Waals surface area contributed by atoms with Crippen molar-refractivity contribution in [1.29, 1.82) is 0 Å². The molecule has 0 radical (unpaired) electrons. The molecule has 0 saturated heterocycles. The maximum atomic E-state index is 14.6. The van der Waals surface area contributed by atoms with Crippen LogP contribution >= 0.6 is 0 Å². The van der Waals surface area contributed by atoms with Gasteiger partial charge in [-0.05, 0) is 105 Å². The molecule has 2 aliphatic rings. The summed E-state index contributed by atoms with van der Waals surface area (Å²) in [6, 6.07) is 18.9. The minimum Gasteiger partial charge on any atom is -0.363 e. The molecule has 1 aliphatic carbocycles. The molecule has 1 amide bonds. The largest absolute Gasteiger partial charge is 0.363 e. The van der Waals surface area contributed by atoms with E-state index < -0.39 is 11.8 Å². The van der Waals surface area contributed by atoms with E-state index in [-0.39, 0.29) is 17.6 Å². The molecule has 0 spiro atoms. The predicted octanol–water partition coefficient (Wildman–Crippen LogP) is 6.60. The molecular weight excluding hydrogens is 494 g/mol. The molecule has 3 N–H and O–H groups in total. The average molecular weight is 531 g/mol. The van der Waals surface area contributed by atoms with Crippen molar-refractivity contribution < 1.29 is 13.6 Å². The number of allylic oxidation sites excluding steroid dienone is 1. The Hall–Kier alpha value is -3.71. The van der Waals surface area contributed by atoms with Gasteiger partial charge in [-0.15, -0.1) is 0 Å². The highest BCUT2D eigenvalue weighted by Gasteiger charge is 2.48. The van der Waals surface area contributed by atoms with Crippen molar-refractivity contribution in [2.75, 3.05) is 19.4 Å². The van der Waals surface area contributed by atoms with Crippen LogP contribution < -0.4 is 16.0 Å². The second kappa shape index (κ2) is 10.5. The zero-order valence-electron chi connectivity index (χ0n) is 23.2. The second-order valence-electron chi connectivity index (χ2n) is 11.1. The van der Waals surface area contributed by atoms with Gasteiger partial charge in [-0.2, -0.15) is 0 Å². The number of amides is 1. The lowest BCUT2D eigenvalue weighted by Crippen LogP contribution is -2.28. The standard InChI is InChI=1S/C32H36F2N4O/c1-19-8-6-9-20(2)28(19)23-14-22(18-38(4)5)15-24(16-23)30-35-21(3)29(37-30)31(39)36-27-11-7-10-26(17-27)32(33,34)25-12-13-25/h6-11,14-17,25,30,35,37H,12-13,18H2,1-5H3,(H,36,39). The minimum atomic E-state index is -2.88. The van der Waals surface area contributed by atoms with Crippen LogP contribution in [0.5, 0.6) is 0 Å². The number of rotatable bonds is 8. The summed E-state index contributed by atoms with van der Waals surface area (Å²) < 4.78 is 29.3. The van der Waals surface area contributed by atoms with Crippen molar-refractivity contribution in [1.82, 2.24) is 15.5 Å². The van der Waals surface area contributed by atoms with Crippen LogP contribution in [-0.2, 0) is 17.3 Å². The molecule has 1 fully saturated rings. The van der Waals surface area contributed by atoms with E-state index in [2.05, 4.69) is 71.1 Å². The molecule has 1 saturated carbocycles. The summed E-state index contributed by atoms with van der Waals surface area (Å²) in [5, 5.41) is 9.55. The van der Waals surface area contributed by atoms with Crippen LogP contribution in [0.15, 0.2) is 72.1 Å². The Labute approximate surface area is 229 Å². The molecule has 0 aromatic heterocycles. The number of carbonyl (C=O) groups is 1. The Balaban J connectivity index is 1.38. The number of nitrogens with zero attached hydrogens (tertiary/aromatic N) is 1. The van der Waals surface area contributed by atoms with E-state index in [4.69, 9.17) is 0 Å². The van der Waals surface area contributed by atoms with E-state index in [9.17, 15) is 13.6 Å². The first-order valence-corrected chi connectivity index (χ1v) is 13.4. The van der Waals surface area contributed by atoms with E-state index in [1.54, 1.807) is 12.1 Å². The number of aryl methyl sites for hydroxylation is 2. The number of nitrogens with one attached hydrogen (secondary N) is 3. The molecule has 7 heteroatoms. The van der Waals surface area contributed by atoms with Gasteiger partial charge in [0.05, 0.1) is 0 Å². The van der Waals surface area contributed by atoms with E-state index in [0.29, 0.717) is 29.9 Å². The molecule has 1 heterocycles. The van der Waals surface area contributed by atoms with Crippen LogP contribution in [0.4, 0.5) is 14.5 Å². The lowest BCUT2D eigenvalue weighted by atomic mass is 9.92. The van der Waals surface area contributed by atoms with Crippen LogP contribution in [0.2, 0.25) is 0 Å². The molecule has 0 bridgehead atoms. The highest BCUT2D eigenvalue weighted by molar-refractivity contribution is 6.04. The highest BCUT2D eigenvalue weighted by atomic mass is 19.3. The van der Waals surface area contributed by atoms with E-state index in [1.165, 1.54) is 34.4 Å². The third kappa shape index (κ3) is 5.69. The number of hydrogen-bond donors (Lipinski definition) is 3. The topological polar surface area (TPSA) is 56.4 Å². The molecular formula is C32H36F2N4O. The molecule has 1 aliphatic heterocycles. The van der Waals surface area contributed by atoms with E-state index in [0.717, 1.165) is 17.7 Å². The first-order valence-electron chi connectivity index (χ1n) is 13.4. The van der Waals surface area contributed by atoms with Gasteiger partial charge < -0.3 is 20.9 Å². The molecule has 3 aromatic rings. The van der Waals surface area contributed by atoms with Gasteiger partial charge in [-0.25, -0.2) is 8.78 Å². The molecule has 5 rings (SSSR count). The van der Waals surface area contributed by atoms with Gasteiger partial charge in [0.2, 0.25) is 0 Å². The molecule has 204 valence electrons. The predicted molar refractivity (Wildman–Crippen MR) is 152 cm³/mol. The molecule has 39 heavy (non-hydrogen) atoms. The summed E-state index contributed by atoms with van der Waals surface area (Å²) >= 11 is 0. The maximum Gasteiger partial charge on any atom is 0.276 e. The number of halogens is 2. The zero-order valence-corrected chi connectivity index (χ0v) is 23.2. The first kappa shape index (κ1) is 26.9. The summed E-state index contributed by atoms with van der Waals surface area (Å²) in [5.74, 6) is -3.85. The van der Waals surface area contributed by atoms with Gasteiger partial charge in [0.25, 0.3) is 11.8 Å². The third-order valence-corrected chi connectivity index (χ3v) is 7.46. The smallest absolute Gasteiger partial charge is 0.276 e. The van der Waals surface area contributed by atoms with Gasteiger partial charge in [0.15, 0.2) is 0 Å². The Morgan fingerprint density at radius 3 is 2.33 bits per heavy atom. The Morgan fingerprint density at radius 2 is 1.67 bits per heavy atom. The Kier molecular flexibility index (Phi) is 7.21. The minimum absolute atomic E-state index is 0.0550. The number of carbonyl (C=O) groups excluding carboxylic acids is 1. The number of anilines is 1. The van der Waals surface area contributed by atoms with Gasteiger partial charge in [-0.1, -0.05) is 36.4 Å². The third-order valence-electron chi connectivity index (χ3n) is 7.46. The monoisotopic (exact) mass is 530 g/mol. The lowest BCUT2D eigenvalue weighted by molar-refractivity contribution is -0.113. The molecule has 1 unspecified atom stereocenters. The van der Waals surface area contributed by atoms with E-state index in [1.807, 2.05) is 21.0 Å². The quantitative estimate of drug-likeness (QED) is 0.307. The number of alkyl halides is 2. The van der Waals surface area contributed by atoms with Crippen LogP contribution in [-0.4, -0.2) is 24.9 Å². The second-order valence-corrected chi connectivity index (χ2v) is 11.1. The molecule has 1 atom stereocenters. The van der Waals surface area contributed by atoms with Crippen molar-refractivity contribution in [2.24, 2.45) is 5.92 Å². The van der Waals surface area contributed by atoms with Crippen molar-refractivity contribution in [3.8, 4) is 11.1 Å². The fourth-order valence-corrected chi connectivity index (χ4v) is 5.41. The van der Waals surface area contributed by atoms with E-state index >= 15 is 0 Å². The van der Waals surface area contributed by atoms with Crippen molar-refractivity contribution in [3.63, 3.8) is 0 Å². The van der Waals surface area contributed by atoms with Crippen LogP contribution in [0.3, 0.4) is 0 Å². The van der Waals surface area contributed by atoms with Gasteiger partial charge in [0.1, 0.15) is 11.9 Å². The fourth-order valence-electron chi connectivity index (χ4n) is 5.41. The zero-order chi connectivity index (χ0) is 27.9. The summed E-state index contributed by atoms with van der Waals surface area (Å²) in [4.78, 5) is 15.4. The van der Waals surface area contributed by atoms with Crippen molar-refractivity contribution in [2.45, 2.75) is 52.2 Å². The van der Waals surface area contributed by atoms with Gasteiger partial charge in [0, 0.05) is 29.4 Å². The highest BCUT2D eigenvalue weighted by Crippen LogP contribution is 2.50. The normalized spacial score (nSPS) is 17.3. The SMILES string of the molecule is CC1=C(C(=O)Nc2cccc(C(F)(F)C3CC3)c2)NC(c2cc(CN(C)C)cc(-c3c(C)cccc3C)c2)N1. The number of benzene rings is 3. The summed E-state index contributed by atoms with van der Waals surface area (Å²) in [6.07, 6.45) is 0.766. The Morgan fingerprint density at radius 1 is 0.974 bits per heavy atom. The van der Waals surface area contributed by atoms with Crippen LogP contribution in [0, 0.1) is 19.8 Å². The fraction of sp³-hybridized carbons (Fsp3) is 0.344. The summed E-state index contributed by atoms with van der Waals surface area (Å²) in [6.45, 7) is 6.86. The first-order chi connectivity index (χ1) is 18.5. The molecule has 3 aromatic carbocycles. The lowest BCUT2D eigenvalue weighted by Gasteiger charge is -2.20. The number of hydrogen-bond acceptors (Lipinski definition) is 4. The average Bonchev–Trinajstić information content (AvgIpc) is 3.66. The van der Waals surface area contributed by atoms with Gasteiger partial charge >= 0.3 is 0 Å². The van der Waals surface area contributed by atoms with Crippen molar-refractivity contribution in [3.05, 3.63) is 99.9 Å². The van der Waals surface area contributed by atoms with Crippen molar-refractivity contribution >= 4 is 11.6 Å². The Bertz CT molecular complexity index is 1420. The van der Waals surface area contributed by atoms with Gasteiger partial charge in [-0.3, -0.25) is 4.79 Å². The summed E-state index contributed by atoms with van der Waals surface area (Å²) in [7, 11) is 4.09. The van der Waals surface area contributed by atoms with Crippen LogP contribution in [0.25, 0.3) is 11.1 Å². The summed E-state index contributed by atoms with van der Waals surface area (Å²) in [5.41, 5.74) is 8.33. The van der Waals surface area contributed by atoms with Crippen LogP contribution in [0.1, 0.15) is 53.7 Å².